The molecule has 1 atom stereocenters. The van der Waals surface area contributed by atoms with Crippen molar-refractivity contribution in [1.82, 2.24) is 4.98 Å². The summed E-state index contributed by atoms with van der Waals surface area (Å²) in [4.78, 5) is 16.4. The fraction of sp³-hybridized carbons (Fsp3) is 0.286. The molecular weight excluding hydrogens is 214 g/mol. The third kappa shape index (κ3) is 1.88. The summed E-state index contributed by atoms with van der Waals surface area (Å²) < 4.78 is 5.01. The molecule has 0 fully saturated rings. The Hall–Kier alpha value is -1.90. The van der Waals surface area contributed by atoms with Crippen LogP contribution in [0.4, 0.5) is 0 Å². The molecule has 0 bridgehead atoms. The molecule has 1 aliphatic carbocycles. The maximum Gasteiger partial charge on any atom is 0.212 e. The molecule has 1 heterocycles. The zero-order valence-electron chi connectivity index (χ0n) is 10.2. The minimum atomic E-state index is -0.613. The number of aromatic nitrogens is 1. The number of carbonyl (C=O) groups is 1. The van der Waals surface area contributed by atoms with Gasteiger partial charge in [0, 0.05) is 12.3 Å². The number of methoxy groups -OCH3 is 1. The summed E-state index contributed by atoms with van der Waals surface area (Å²) >= 11 is 0. The molecule has 0 N–H and O–H groups in total. The first-order valence-corrected chi connectivity index (χ1v) is 5.49. The highest BCUT2D eigenvalue weighted by Gasteiger charge is 2.34. The van der Waals surface area contributed by atoms with Gasteiger partial charge in [-0.05, 0) is 25.0 Å². The number of nitrogens with zero attached hydrogens (tertiary/aromatic N) is 1. The fourth-order valence-corrected chi connectivity index (χ4v) is 1.98. The average Bonchev–Trinajstić information content (AvgIpc) is 2.36. The largest absolute Gasteiger partial charge is 0.481 e. The first-order valence-electron chi connectivity index (χ1n) is 5.49. The first-order chi connectivity index (χ1) is 8.08. The van der Waals surface area contributed by atoms with Gasteiger partial charge in [-0.2, -0.15) is 0 Å². The number of hydrogen-bond acceptors (Lipinski definition) is 3. The number of ketones is 1. The Bertz CT molecular complexity index is 499. The second-order valence-electron chi connectivity index (χ2n) is 4.33. The lowest BCUT2D eigenvalue weighted by Crippen LogP contribution is -2.32. The molecule has 1 unspecified atom stereocenters. The zero-order chi connectivity index (χ0) is 12.5. The average molecular weight is 229 g/mol. The Labute approximate surface area is 101 Å². The Morgan fingerprint density at radius 3 is 2.71 bits per heavy atom. The van der Waals surface area contributed by atoms with Crippen molar-refractivity contribution in [3.63, 3.8) is 0 Å². The number of allylic oxidation sites excluding steroid dienone is 4. The Balaban J connectivity index is 2.41. The minimum absolute atomic E-state index is 0.118. The highest BCUT2D eigenvalue weighted by atomic mass is 16.5. The number of carbonyl (C=O) groups excluding carboxylic acids is 1. The maximum atomic E-state index is 12.2. The Morgan fingerprint density at radius 1 is 1.35 bits per heavy atom. The van der Waals surface area contributed by atoms with Crippen LogP contribution >= 0.6 is 0 Å². The molecule has 1 aromatic heterocycles. The number of hydrogen-bond donors (Lipinski definition) is 0. The second kappa shape index (κ2) is 4.17. The molecule has 17 heavy (non-hydrogen) atoms. The normalized spacial score (nSPS) is 23.5. The van der Waals surface area contributed by atoms with E-state index < -0.39 is 5.41 Å². The van der Waals surface area contributed by atoms with Gasteiger partial charge < -0.3 is 4.74 Å². The molecule has 0 amide bonds. The fourth-order valence-electron chi connectivity index (χ4n) is 1.98. The molecule has 0 spiro atoms. The van der Waals surface area contributed by atoms with Crippen molar-refractivity contribution in [3.05, 3.63) is 47.7 Å². The summed E-state index contributed by atoms with van der Waals surface area (Å²) in [6.45, 7) is 3.74. The third-order valence-corrected chi connectivity index (χ3v) is 3.15. The van der Waals surface area contributed by atoms with Crippen LogP contribution < -0.4 is 4.74 Å². The van der Waals surface area contributed by atoms with Gasteiger partial charge in [0.25, 0.3) is 0 Å². The highest BCUT2D eigenvalue weighted by Crippen LogP contribution is 2.32. The lowest BCUT2D eigenvalue weighted by atomic mass is 9.74. The van der Waals surface area contributed by atoms with Gasteiger partial charge in [0.15, 0.2) is 5.78 Å². The predicted octanol–water partition coefficient (Wildman–Crippen LogP) is 2.43. The molecular formula is C14H15NO2. The molecule has 3 nitrogen and oxygen atoms in total. The van der Waals surface area contributed by atoms with Gasteiger partial charge in [0.05, 0.1) is 12.5 Å². The van der Waals surface area contributed by atoms with E-state index in [9.17, 15) is 4.79 Å². The minimum Gasteiger partial charge on any atom is -0.481 e. The van der Waals surface area contributed by atoms with Crippen LogP contribution in [0.1, 0.15) is 19.4 Å². The van der Waals surface area contributed by atoms with Gasteiger partial charge in [-0.25, -0.2) is 4.98 Å². The topological polar surface area (TPSA) is 39.2 Å². The van der Waals surface area contributed by atoms with E-state index in [0.717, 1.165) is 11.1 Å². The van der Waals surface area contributed by atoms with E-state index in [0.29, 0.717) is 5.88 Å². The smallest absolute Gasteiger partial charge is 0.212 e. The summed E-state index contributed by atoms with van der Waals surface area (Å²) in [5.74, 6) is 0.670. The van der Waals surface area contributed by atoms with E-state index in [1.54, 1.807) is 19.4 Å². The van der Waals surface area contributed by atoms with E-state index in [4.69, 9.17) is 4.74 Å². The molecule has 0 saturated heterocycles. The van der Waals surface area contributed by atoms with Crippen LogP contribution in [0.2, 0.25) is 0 Å². The number of ether oxygens (including phenoxy) is 1. The molecule has 0 aromatic carbocycles. The molecule has 2 rings (SSSR count). The Morgan fingerprint density at radius 2 is 2.12 bits per heavy atom. The lowest BCUT2D eigenvalue weighted by Gasteiger charge is -2.27. The number of rotatable bonds is 2. The van der Waals surface area contributed by atoms with Crippen molar-refractivity contribution in [2.45, 2.75) is 19.3 Å². The van der Waals surface area contributed by atoms with E-state index in [1.807, 2.05) is 38.1 Å². The monoisotopic (exact) mass is 229 g/mol. The molecule has 1 aromatic rings. The van der Waals surface area contributed by atoms with Gasteiger partial charge in [-0.3, -0.25) is 4.79 Å². The van der Waals surface area contributed by atoms with Crippen LogP contribution in [0.15, 0.2) is 42.1 Å². The van der Waals surface area contributed by atoms with Crippen LogP contribution in [0.25, 0.3) is 0 Å². The molecule has 0 aliphatic heterocycles. The van der Waals surface area contributed by atoms with Crippen LogP contribution in [-0.4, -0.2) is 17.9 Å². The van der Waals surface area contributed by atoms with Crippen molar-refractivity contribution in [3.8, 4) is 5.88 Å². The van der Waals surface area contributed by atoms with Gasteiger partial charge >= 0.3 is 0 Å². The molecule has 3 heteroatoms. The van der Waals surface area contributed by atoms with Gasteiger partial charge in [-0.1, -0.05) is 24.3 Å². The highest BCUT2D eigenvalue weighted by molar-refractivity contribution is 6.05. The van der Waals surface area contributed by atoms with Gasteiger partial charge in [0.2, 0.25) is 5.88 Å². The molecule has 0 radical (unpaired) electrons. The summed E-state index contributed by atoms with van der Waals surface area (Å²) in [5.41, 5.74) is 1.04. The standard InChI is InChI=1S/C14H15NO2/c1-10-5-4-8-14(2,13(10)16)11-6-7-12(17-3)15-9-11/h4-9H,1-3H3. The van der Waals surface area contributed by atoms with E-state index in [1.165, 1.54) is 0 Å². The van der Waals surface area contributed by atoms with Crippen LogP contribution in [-0.2, 0) is 10.2 Å². The third-order valence-electron chi connectivity index (χ3n) is 3.15. The number of pyridine rings is 1. The van der Waals surface area contributed by atoms with E-state index >= 15 is 0 Å². The molecule has 1 aliphatic rings. The van der Waals surface area contributed by atoms with Crippen LogP contribution in [0.5, 0.6) is 5.88 Å². The Kier molecular flexibility index (Phi) is 2.84. The van der Waals surface area contributed by atoms with Crippen LogP contribution in [0, 0.1) is 0 Å². The molecule has 88 valence electrons. The summed E-state index contributed by atoms with van der Waals surface area (Å²) in [5, 5.41) is 0. The van der Waals surface area contributed by atoms with Crippen molar-refractivity contribution < 1.29 is 9.53 Å². The predicted molar refractivity (Wildman–Crippen MR) is 66.0 cm³/mol. The summed E-state index contributed by atoms with van der Waals surface area (Å²) in [7, 11) is 1.57. The lowest BCUT2D eigenvalue weighted by molar-refractivity contribution is -0.118. The van der Waals surface area contributed by atoms with Gasteiger partial charge in [-0.15, -0.1) is 0 Å². The van der Waals surface area contributed by atoms with Crippen molar-refractivity contribution in [2.75, 3.05) is 7.11 Å². The maximum absolute atomic E-state index is 12.2. The van der Waals surface area contributed by atoms with Crippen molar-refractivity contribution in [1.29, 1.82) is 0 Å². The summed E-state index contributed by atoms with van der Waals surface area (Å²) in [6, 6.07) is 3.65. The van der Waals surface area contributed by atoms with Crippen molar-refractivity contribution >= 4 is 5.78 Å². The quantitative estimate of drug-likeness (QED) is 0.781. The van der Waals surface area contributed by atoms with E-state index in [2.05, 4.69) is 4.98 Å². The zero-order valence-corrected chi connectivity index (χ0v) is 10.2. The second-order valence-corrected chi connectivity index (χ2v) is 4.33. The van der Waals surface area contributed by atoms with Gasteiger partial charge in [0.1, 0.15) is 0 Å². The SMILES string of the molecule is COc1ccc(C2(C)C=CC=C(C)C2=O)cn1. The first kappa shape index (κ1) is 11.6. The number of Topliss-reactive ketones (excluding diaryl/α,β-unsaturated/α-hetero) is 1. The summed E-state index contributed by atoms with van der Waals surface area (Å²) in [6.07, 6.45) is 7.35. The van der Waals surface area contributed by atoms with Crippen molar-refractivity contribution in [2.24, 2.45) is 0 Å². The molecule has 0 saturated carbocycles. The van der Waals surface area contributed by atoms with Crippen LogP contribution in [0.3, 0.4) is 0 Å². The van der Waals surface area contributed by atoms with E-state index in [-0.39, 0.29) is 5.78 Å².